The second-order valence-corrected chi connectivity index (χ2v) is 3.15. The smallest absolute Gasteiger partial charge is 0.337 e. The minimum absolute atomic E-state index is 0.0809. The molecule has 3 nitrogen and oxygen atoms in total. The van der Waals surface area contributed by atoms with E-state index in [4.69, 9.17) is 5.11 Å². The van der Waals surface area contributed by atoms with Crippen LogP contribution in [0.25, 0.3) is 5.57 Å². The van der Waals surface area contributed by atoms with E-state index >= 15 is 0 Å². The van der Waals surface area contributed by atoms with Crippen LogP contribution in [0.2, 0.25) is 0 Å². The highest BCUT2D eigenvalue weighted by Gasteiger charge is 2.05. The lowest BCUT2D eigenvalue weighted by atomic mass is 10.0. The van der Waals surface area contributed by atoms with Crippen molar-refractivity contribution in [3.05, 3.63) is 42.0 Å². The highest BCUT2D eigenvalue weighted by molar-refractivity contribution is 5.89. The highest BCUT2D eigenvalue weighted by Crippen LogP contribution is 2.16. The quantitative estimate of drug-likeness (QED) is 0.765. The van der Waals surface area contributed by atoms with Crippen LogP contribution >= 0.6 is 0 Å². The Hall–Kier alpha value is -1.61. The third kappa shape index (κ3) is 2.92. The molecule has 0 fully saturated rings. The first-order chi connectivity index (χ1) is 7.19. The number of hydrogen-bond acceptors (Lipinski definition) is 3. The lowest BCUT2D eigenvalue weighted by Crippen LogP contribution is -2.00. The van der Waals surface area contributed by atoms with Crippen LogP contribution in [-0.4, -0.2) is 24.8 Å². The summed E-state index contributed by atoms with van der Waals surface area (Å²) in [5, 5.41) is 8.74. The minimum Gasteiger partial charge on any atom is -0.465 e. The molecule has 0 spiro atoms. The molecule has 0 aliphatic carbocycles. The molecule has 0 atom stereocenters. The zero-order valence-corrected chi connectivity index (χ0v) is 8.69. The standard InChI is InChI=1S/C12H14O3/c1-9(7-8-13)10-3-5-11(6-4-10)12(14)15-2/h3-6,13H,1,7-8H2,2H3. The van der Waals surface area contributed by atoms with Gasteiger partial charge in [0.05, 0.1) is 12.7 Å². The molecule has 0 aliphatic rings. The van der Waals surface area contributed by atoms with Gasteiger partial charge < -0.3 is 9.84 Å². The molecule has 0 aromatic heterocycles. The molecule has 0 saturated heterocycles. The first kappa shape index (κ1) is 11.5. The molecule has 0 unspecified atom stereocenters. The summed E-state index contributed by atoms with van der Waals surface area (Å²) in [5.41, 5.74) is 2.30. The average Bonchev–Trinajstić information content (AvgIpc) is 2.28. The number of aliphatic hydroxyl groups excluding tert-OH is 1. The Morgan fingerprint density at radius 2 is 1.87 bits per heavy atom. The van der Waals surface area contributed by atoms with E-state index in [9.17, 15) is 4.79 Å². The predicted molar refractivity (Wildman–Crippen MR) is 58.5 cm³/mol. The summed E-state index contributed by atoms with van der Waals surface area (Å²) in [7, 11) is 1.35. The molecule has 1 aromatic rings. The van der Waals surface area contributed by atoms with Crippen LogP contribution in [0.4, 0.5) is 0 Å². The van der Waals surface area contributed by atoms with Gasteiger partial charge in [-0.15, -0.1) is 0 Å². The molecule has 1 N–H and O–H groups in total. The van der Waals surface area contributed by atoms with Crippen LogP contribution < -0.4 is 0 Å². The molecule has 0 saturated carbocycles. The van der Waals surface area contributed by atoms with Crippen LogP contribution in [0.3, 0.4) is 0 Å². The van der Waals surface area contributed by atoms with Gasteiger partial charge in [-0.2, -0.15) is 0 Å². The van der Waals surface area contributed by atoms with Gasteiger partial charge >= 0.3 is 5.97 Å². The summed E-state index contributed by atoms with van der Waals surface area (Å²) in [6.45, 7) is 3.91. The summed E-state index contributed by atoms with van der Waals surface area (Å²) < 4.78 is 4.58. The lowest BCUT2D eigenvalue weighted by molar-refractivity contribution is 0.0600. The Labute approximate surface area is 89.0 Å². The van der Waals surface area contributed by atoms with Crippen molar-refractivity contribution in [3.63, 3.8) is 0 Å². The van der Waals surface area contributed by atoms with Gasteiger partial charge in [-0.05, 0) is 29.7 Å². The van der Waals surface area contributed by atoms with Gasteiger partial charge in [-0.25, -0.2) is 4.79 Å². The molecule has 0 heterocycles. The largest absolute Gasteiger partial charge is 0.465 e. The average molecular weight is 206 g/mol. The fourth-order valence-electron chi connectivity index (χ4n) is 1.24. The van der Waals surface area contributed by atoms with Crippen molar-refractivity contribution in [2.45, 2.75) is 6.42 Å². The van der Waals surface area contributed by atoms with Crippen LogP contribution in [0, 0.1) is 0 Å². The number of benzene rings is 1. The molecule has 15 heavy (non-hydrogen) atoms. The monoisotopic (exact) mass is 206 g/mol. The summed E-state index contributed by atoms with van der Waals surface area (Å²) in [6, 6.07) is 6.96. The van der Waals surface area contributed by atoms with Gasteiger partial charge in [0, 0.05) is 6.61 Å². The zero-order valence-electron chi connectivity index (χ0n) is 8.69. The number of aliphatic hydroxyl groups is 1. The molecular formula is C12H14O3. The maximum Gasteiger partial charge on any atom is 0.337 e. The van der Waals surface area contributed by atoms with E-state index in [-0.39, 0.29) is 12.6 Å². The summed E-state index contributed by atoms with van der Waals surface area (Å²) >= 11 is 0. The van der Waals surface area contributed by atoms with Gasteiger partial charge in [-0.1, -0.05) is 18.7 Å². The van der Waals surface area contributed by atoms with E-state index in [1.165, 1.54) is 7.11 Å². The molecule has 1 aromatic carbocycles. The lowest BCUT2D eigenvalue weighted by Gasteiger charge is -2.04. The molecule has 0 radical (unpaired) electrons. The zero-order chi connectivity index (χ0) is 11.3. The maximum atomic E-state index is 11.1. The Balaban J connectivity index is 2.80. The Bertz CT molecular complexity index is 352. The highest BCUT2D eigenvalue weighted by atomic mass is 16.5. The number of methoxy groups -OCH3 is 1. The van der Waals surface area contributed by atoms with E-state index < -0.39 is 0 Å². The summed E-state index contributed by atoms with van der Waals surface area (Å²) in [6.07, 6.45) is 0.539. The van der Waals surface area contributed by atoms with Gasteiger partial charge in [0.1, 0.15) is 0 Å². The molecular weight excluding hydrogens is 192 g/mol. The SMILES string of the molecule is C=C(CCO)c1ccc(C(=O)OC)cc1. The Morgan fingerprint density at radius 3 is 2.33 bits per heavy atom. The van der Waals surface area contributed by atoms with Crippen molar-refractivity contribution in [3.8, 4) is 0 Å². The second kappa shape index (κ2) is 5.32. The van der Waals surface area contributed by atoms with Crippen LogP contribution in [0.5, 0.6) is 0 Å². The number of hydrogen-bond donors (Lipinski definition) is 1. The normalized spacial score (nSPS) is 9.73. The number of rotatable bonds is 4. The molecule has 3 heteroatoms. The minimum atomic E-state index is -0.352. The van der Waals surface area contributed by atoms with Crippen molar-refractivity contribution in [2.24, 2.45) is 0 Å². The van der Waals surface area contributed by atoms with Crippen molar-refractivity contribution < 1.29 is 14.6 Å². The van der Waals surface area contributed by atoms with Gasteiger partial charge in [0.25, 0.3) is 0 Å². The molecule has 0 bridgehead atoms. The van der Waals surface area contributed by atoms with E-state index in [1.54, 1.807) is 24.3 Å². The van der Waals surface area contributed by atoms with E-state index in [0.29, 0.717) is 12.0 Å². The summed E-state index contributed by atoms with van der Waals surface area (Å²) in [4.78, 5) is 11.1. The first-order valence-electron chi connectivity index (χ1n) is 4.66. The summed E-state index contributed by atoms with van der Waals surface area (Å²) in [5.74, 6) is -0.352. The van der Waals surface area contributed by atoms with Crippen molar-refractivity contribution in [1.29, 1.82) is 0 Å². The maximum absolute atomic E-state index is 11.1. The van der Waals surface area contributed by atoms with Crippen LogP contribution in [0.15, 0.2) is 30.8 Å². The number of ether oxygens (including phenoxy) is 1. The third-order valence-corrected chi connectivity index (χ3v) is 2.13. The van der Waals surface area contributed by atoms with Crippen molar-refractivity contribution in [1.82, 2.24) is 0 Å². The van der Waals surface area contributed by atoms with Gasteiger partial charge in [0.2, 0.25) is 0 Å². The molecule has 80 valence electrons. The third-order valence-electron chi connectivity index (χ3n) is 2.13. The van der Waals surface area contributed by atoms with Crippen LogP contribution in [-0.2, 0) is 4.74 Å². The topological polar surface area (TPSA) is 46.5 Å². The number of esters is 1. The van der Waals surface area contributed by atoms with Crippen LogP contribution in [0.1, 0.15) is 22.3 Å². The van der Waals surface area contributed by atoms with Gasteiger partial charge in [0.15, 0.2) is 0 Å². The Morgan fingerprint density at radius 1 is 1.33 bits per heavy atom. The van der Waals surface area contributed by atoms with Crippen molar-refractivity contribution >= 4 is 11.5 Å². The molecule has 1 rings (SSSR count). The fraction of sp³-hybridized carbons (Fsp3) is 0.250. The number of carbonyl (C=O) groups is 1. The van der Waals surface area contributed by atoms with Gasteiger partial charge in [-0.3, -0.25) is 0 Å². The Kier molecular flexibility index (Phi) is 4.06. The van der Waals surface area contributed by atoms with E-state index in [0.717, 1.165) is 11.1 Å². The van der Waals surface area contributed by atoms with Crippen molar-refractivity contribution in [2.75, 3.05) is 13.7 Å². The second-order valence-electron chi connectivity index (χ2n) is 3.15. The predicted octanol–water partition coefficient (Wildman–Crippen LogP) is 1.87. The first-order valence-corrected chi connectivity index (χ1v) is 4.66. The molecule has 0 aliphatic heterocycles. The van der Waals surface area contributed by atoms with E-state index in [2.05, 4.69) is 11.3 Å². The van der Waals surface area contributed by atoms with E-state index in [1.807, 2.05) is 0 Å². The molecule has 0 amide bonds. The number of carbonyl (C=O) groups excluding carboxylic acids is 1. The fourth-order valence-corrected chi connectivity index (χ4v) is 1.24.